The van der Waals surface area contributed by atoms with Crippen LogP contribution in [0.2, 0.25) is 0 Å². The summed E-state index contributed by atoms with van der Waals surface area (Å²) >= 11 is 0. The first-order chi connectivity index (χ1) is 14.2. The molecule has 7 heteroatoms. The summed E-state index contributed by atoms with van der Waals surface area (Å²) in [5.74, 6) is 0.397. The first-order valence-electron chi connectivity index (χ1n) is 9.66. The van der Waals surface area contributed by atoms with E-state index < -0.39 is 6.04 Å². The number of carbonyl (C=O) groups is 1. The minimum atomic E-state index is -0.482. The molecule has 0 spiro atoms. The summed E-state index contributed by atoms with van der Waals surface area (Å²) in [5.41, 5.74) is 7.52. The molecule has 2 aliphatic rings. The van der Waals surface area contributed by atoms with Gasteiger partial charge in [-0.15, -0.1) is 0 Å². The standard InChI is InChI=1S/C22H20FN5O/c1-2-28-11-10-24-22(28)19-20(13-6-8-14(23)9-7-13)25-16-5-3-4-15-17(12-29)26-27-21(19)18(15)16/h3-12,17,19-20,25-26H,2H2,1H3. The Hall–Kier alpha value is -3.48. The molecule has 0 radical (unpaired) electrons. The van der Waals surface area contributed by atoms with E-state index in [0.717, 1.165) is 46.7 Å². The fourth-order valence-corrected chi connectivity index (χ4v) is 4.32. The average Bonchev–Trinajstić information content (AvgIpc) is 3.23. The lowest BCUT2D eigenvalue weighted by Crippen LogP contribution is -2.39. The van der Waals surface area contributed by atoms with Crippen LogP contribution in [0.3, 0.4) is 0 Å². The highest BCUT2D eigenvalue weighted by Gasteiger charge is 2.41. The Labute approximate surface area is 167 Å². The molecule has 0 fully saturated rings. The number of hydrogen-bond acceptors (Lipinski definition) is 5. The lowest BCUT2D eigenvalue weighted by atomic mass is 9.78. The molecule has 1 aromatic heterocycles. The van der Waals surface area contributed by atoms with E-state index in [1.165, 1.54) is 12.1 Å². The van der Waals surface area contributed by atoms with Crippen molar-refractivity contribution in [2.24, 2.45) is 5.10 Å². The van der Waals surface area contributed by atoms with Gasteiger partial charge in [0, 0.05) is 30.2 Å². The van der Waals surface area contributed by atoms with Crippen molar-refractivity contribution in [3.05, 3.63) is 83.2 Å². The Balaban J connectivity index is 1.73. The molecular formula is C22H20FN5O. The molecule has 3 aromatic rings. The fraction of sp³-hybridized carbons (Fsp3) is 0.227. The van der Waals surface area contributed by atoms with Crippen LogP contribution in [0.15, 0.2) is 60.0 Å². The molecule has 0 aliphatic carbocycles. The van der Waals surface area contributed by atoms with Crippen LogP contribution in [-0.2, 0) is 11.3 Å². The largest absolute Gasteiger partial charge is 0.377 e. The zero-order chi connectivity index (χ0) is 20.0. The van der Waals surface area contributed by atoms with E-state index in [9.17, 15) is 9.18 Å². The molecule has 29 heavy (non-hydrogen) atoms. The number of aromatic nitrogens is 2. The predicted octanol–water partition coefficient (Wildman–Crippen LogP) is 3.54. The average molecular weight is 389 g/mol. The van der Waals surface area contributed by atoms with Gasteiger partial charge in [0.15, 0.2) is 0 Å². The number of halogens is 1. The third kappa shape index (κ3) is 2.73. The van der Waals surface area contributed by atoms with Crippen LogP contribution in [-0.4, -0.2) is 21.5 Å². The van der Waals surface area contributed by atoms with E-state index in [1.807, 2.05) is 24.4 Å². The van der Waals surface area contributed by atoms with E-state index in [0.29, 0.717) is 0 Å². The number of hydrazone groups is 1. The maximum Gasteiger partial charge on any atom is 0.148 e. The van der Waals surface area contributed by atoms with Crippen molar-refractivity contribution in [1.82, 2.24) is 15.0 Å². The summed E-state index contributed by atoms with van der Waals surface area (Å²) in [6, 6.07) is 11.7. The van der Waals surface area contributed by atoms with Crippen molar-refractivity contribution >= 4 is 17.7 Å². The molecule has 3 unspecified atom stereocenters. The number of aryl methyl sites for hydroxylation is 1. The highest BCUT2D eigenvalue weighted by molar-refractivity contribution is 6.13. The van der Waals surface area contributed by atoms with Gasteiger partial charge in [0.1, 0.15) is 24.0 Å². The lowest BCUT2D eigenvalue weighted by molar-refractivity contribution is -0.109. The van der Waals surface area contributed by atoms with Gasteiger partial charge in [-0.25, -0.2) is 9.37 Å². The highest BCUT2D eigenvalue weighted by Crippen LogP contribution is 2.45. The van der Waals surface area contributed by atoms with Gasteiger partial charge in [0.05, 0.1) is 17.7 Å². The first kappa shape index (κ1) is 17.6. The second-order valence-electron chi connectivity index (χ2n) is 7.23. The SMILES string of the molecule is CCn1ccnc1C1C2=NNC(C=O)c3cccc(c32)NC1c1ccc(F)cc1. The summed E-state index contributed by atoms with van der Waals surface area (Å²) < 4.78 is 15.7. The van der Waals surface area contributed by atoms with Gasteiger partial charge in [-0.2, -0.15) is 5.10 Å². The van der Waals surface area contributed by atoms with Gasteiger partial charge in [0.25, 0.3) is 0 Å². The molecule has 5 rings (SSSR count). The molecule has 2 aromatic carbocycles. The zero-order valence-corrected chi connectivity index (χ0v) is 15.8. The molecular weight excluding hydrogens is 369 g/mol. The molecule has 146 valence electrons. The van der Waals surface area contributed by atoms with Crippen LogP contribution < -0.4 is 10.7 Å². The monoisotopic (exact) mass is 389 g/mol. The Morgan fingerprint density at radius 1 is 1.21 bits per heavy atom. The van der Waals surface area contributed by atoms with E-state index in [4.69, 9.17) is 0 Å². The second kappa shape index (κ2) is 6.84. The number of anilines is 1. The quantitative estimate of drug-likeness (QED) is 0.670. The molecule has 0 saturated heterocycles. The Bertz CT molecular complexity index is 1100. The molecule has 0 amide bonds. The lowest BCUT2D eigenvalue weighted by Gasteiger charge is -2.39. The fourth-order valence-electron chi connectivity index (χ4n) is 4.32. The summed E-state index contributed by atoms with van der Waals surface area (Å²) in [7, 11) is 0. The molecule has 0 bridgehead atoms. The number of imidazole rings is 1. The van der Waals surface area contributed by atoms with Crippen LogP contribution in [0, 0.1) is 5.82 Å². The molecule has 3 atom stereocenters. The van der Waals surface area contributed by atoms with Crippen molar-refractivity contribution < 1.29 is 9.18 Å². The smallest absolute Gasteiger partial charge is 0.148 e. The number of nitrogens with one attached hydrogen (secondary N) is 2. The predicted molar refractivity (Wildman–Crippen MR) is 108 cm³/mol. The van der Waals surface area contributed by atoms with Crippen molar-refractivity contribution in [3.63, 3.8) is 0 Å². The normalized spacial score (nSPS) is 22.1. The number of aldehydes is 1. The van der Waals surface area contributed by atoms with E-state index in [2.05, 4.69) is 32.3 Å². The first-order valence-corrected chi connectivity index (χ1v) is 9.66. The van der Waals surface area contributed by atoms with Gasteiger partial charge in [-0.1, -0.05) is 24.3 Å². The Morgan fingerprint density at radius 3 is 2.79 bits per heavy atom. The maximum absolute atomic E-state index is 13.6. The van der Waals surface area contributed by atoms with Gasteiger partial charge in [-0.3, -0.25) is 5.43 Å². The third-order valence-corrected chi connectivity index (χ3v) is 5.68. The van der Waals surface area contributed by atoms with Crippen molar-refractivity contribution in [2.75, 3.05) is 5.32 Å². The van der Waals surface area contributed by atoms with Crippen LogP contribution in [0.1, 0.15) is 47.4 Å². The second-order valence-corrected chi connectivity index (χ2v) is 7.23. The zero-order valence-electron chi connectivity index (χ0n) is 15.8. The number of hydrogen-bond donors (Lipinski definition) is 2. The number of benzene rings is 2. The van der Waals surface area contributed by atoms with Crippen LogP contribution >= 0.6 is 0 Å². The molecule has 3 heterocycles. The molecule has 2 aliphatic heterocycles. The van der Waals surface area contributed by atoms with Gasteiger partial charge in [-0.05, 0) is 36.2 Å². The minimum absolute atomic E-state index is 0.181. The maximum atomic E-state index is 13.6. The van der Waals surface area contributed by atoms with Gasteiger partial charge >= 0.3 is 0 Å². The summed E-state index contributed by atoms with van der Waals surface area (Å²) in [4.78, 5) is 16.2. The van der Waals surface area contributed by atoms with E-state index >= 15 is 0 Å². The highest BCUT2D eigenvalue weighted by atomic mass is 19.1. The van der Waals surface area contributed by atoms with Crippen LogP contribution in [0.5, 0.6) is 0 Å². The van der Waals surface area contributed by atoms with Crippen LogP contribution in [0.4, 0.5) is 10.1 Å². The summed E-state index contributed by atoms with van der Waals surface area (Å²) in [6.07, 6.45) is 4.60. The molecule has 6 nitrogen and oxygen atoms in total. The van der Waals surface area contributed by atoms with Gasteiger partial charge < -0.3 is 14.7 Å². The van der Waals surface area contributed by atoms with Crippen LogP contribution in [0.25, 0.3) is 0 Å². The molecule has 2 N–H and O–H groups in total. The van der Waals surface area contributed by atoms with E-state index in [-0.39, 0.29) is 17.8 Å². The third-order valence-electron chi connectivity index (χ3n) is 5.68. The van der Waals surface area contributed by atoms with Crippen molar-refractivity contribution in [2.45, 2.75) is 31.5 Å². The minimum Gasteiger partial charge on any atom is -0.377 e. The number of rotatable bonds is 4. The summed E-state index contributed by atoms with van der Waals surface area (Å²) in [6.45, 7) is 2.84. The van der Waals surface area contributed by atoms with Gasteiger partial charge in [0.2, 0.25) is 0 Å². The topological polar surface area (TPSA) is 71.3 Å². The number of carbonyl (C=O) groups excluding carboxylic acids is 1. The van der Waals surface area contributed by atoms with Crippen molar-refractivity contribution in [1.29, 1.82) is 0 Å². The van der Waals surface area contributed by atoms with Crippen molar-refractivity contribution in [3.8, 4) is 0 Å². The Morgan fingerprint density at radius 2 is 2.03 bits per heavy atom. The summed E-state index contributed by atoms with van der Waals surface area (Å²) in [5, 5.41) is 8.23. The van der Waals surface area contributed by atoms with E-state index in [1.54, 1.807) is 18.3 Å². The molecule has 0 saturated carbocycles. The number of nitrogens with zero attached hydrogens (tertiary/aromatic N) is 3. The Kier molecular flexibility index (Phi) is 4.16.